The normalized spacial score (nSPS) is 18.7. The van der Waals surface area contributed by atoms with Crippen LogP contribution in [0.3, 0.4) is 0 Å². The summed E-state index contributed by atoms with van der Waals surface area (Å²) in [5, 5.41) is 0. The maximum atomic E-state index is 15.3. The zero-order valence-corrected chi connectivity index (χ0v) is 20.3. The van der Waals surface area contributed by atoms with E-state index >= 15 is 4.39 Å². The molecule has 5 nitrogen and oxygen atoms in total. The zero-order valence-electron chi connectivity index (χ0n) is 20.3. The molecule has 1 aliphatic heterocycles. The zero-order chi connectivity index (χ0) is 24.5. The molecule has 1 aliphatic carbocycles. The number of fused-ring (bicyclic) bond motifs is 1. The molecular formula is C29H30FNO4. The van der Waals surface area contributed by atoms with Gasteiger partial charge in [-0.3, -0.25) is 4.79 Å². The van der Waals surface area contributed by atoms with Crippen LogP contribution in [0.4, 0.5) is 4.39 Å². The first-order valence-corrected chi connectivity index (χ1v) is 12.2. The van der Waals surface area contributed by atoms with Crippen molar-refractivity contribution in [2.24, 2.45) is 11.8 Å². The summed E-state index contributed by atoms with van der Waals surface area (Å²) in [5.74, 6) is 1.15. The summed E-state index contributed by atoms with van der Waals surface area (Å²) in [4.78, 5) is 16.4. The maximum absolute atomic E-state index is 15.3. The van der Waals surface area contributed by atoms with E-state index in [1.807, 2.05) is 25.1 Å². The molecule has 6 heteroatoms. The van der Waals surface area contributed by atoms with E-state index in [9.17, 15) is 4.79 Å². The second kappa shape index (κ2) is 9.68. The number of ether oxygens (including phenoxy) is 3. The van der Waals surface area contributed by atoms with Gasteiger partial charge in [-0.1, -0.05) is 31.2 Å². The fourth-order valence-corrected chi connectivity index (χ4v) is 5.24. The molecule has 35 heavy (non-hydrogen) atoms. The molecule has 0 spiro atoms. The summed E-state index contributed by atoms with van der Waals surface area (Å²) in [6, 6.07) is 15.1. The number of nitrogens with zero attached hydrogens (tertiary/aromatic N) is 1. The van der Waals surface area contributed by atoms with Gasteiger partial charge in [0.1, 0.15) is 17.7 Å². The van der Waals surface area contributed by atoms with Crippen molar-refractivity contribution in [3.8, 4) is 22.8 Å². The van der Waals surface area contributed by atoms with Crippen LogP contribution in [0.2, 0.25) is 0 Å². The number of aromatic nitrogens is 1. The molecule has 0 bridgehead atoms. The first kappa shape index (κ1) is 23.3. The maximum Gasteiger partial charge on any atom is 0.309 e. The lowest BCUT2D eigenvalue weighted by Crippen LogP contribution is -2.23. The van der Waals surface area contributed by atoms with E-state index in [1.165, 1.54) is 7.11 Å². The summed E-state index contributed by atoms with van der Waals surface area (Å²) in [7, 11) is 3.00. The minimum absolute atomic E-state index is 0.102. The number of benzene rings is 2. The third-order valence-electron chi connectivity index (χ3n) is 7.29. The number of halogens is 1. The van der Waals surface area contributed by atoms with E-state index in [0.29, 0.717) is 23.8 Å². The summed E-state index contributed by atoms with van der Waals surface area (Å²) in [5.41, 5.74) is 4.35. The van der Waals surface area contributed by atoms with E-state index < -0.39 is 0 Å². The molecule has 0 amide bonds. The van der Waals surface area contributed by atoms with Gasteiger partial charge in [-0.2, -0.15) is 0 Å². The predicted octanol–water partition coefficient (Wildman–Crippen LogP) is 6.27. The second-order valence-electron chi connectivity index (χ2n) is 9.51. The third-order valence-corrected chi connectivity index (χ3v) is 7.29. The van der Waals surface area contributed by atoms with Crippen molar-refractivity contribution < 1.29 is 23.4 Å². The van der Waals surface area contributed by atoms with Crippen molar-refractivity contribution in [3.63, 3.8) is 0 Å². The molecule has 2 aliphatic rings. The Kier molecular flexibility index (Phi) is 6.46. The van der Waals surface area contributed by atoms with Gasteiger partial charge in [0, 0.05) is 17.8 Å². The Hall–Kier alpha value is -3.41. The van der Waals surface area contributed by atoms with Crippen molar-refractivity contribution >= 4 is 5.97 Å². The van der Waals surface area contributed by atoms with Gasteiger partial charge in [-0.05, 0) is 78.0 Å². The molecule has 182 valence electrons. The summed E-state index contributed by atoms with van der Waals surface area (Å²) < 4.78 is 31.8. The number of methoxy groups -OCH3 is 2. The summed E-state index contributed by atoms with van der Waals surface area (Å²) >= 11 is 0. The average molecular weight is 476 g/mol. The Balaban J connectivity index is 1.39. The minimum atomic E-state index is -0.365. The topological polar surface area (TPSA) is 57.7 Å². The lowest BCUT2D eigenvalue weighted by atomic mass is 9.82. The minimum Gasteiger partial charge on any atom is -0.485 e. The molecule has 1 saturated carbocycles. The van der Waals surface area contributed by atoms with Crippen molar-refractivity contribution in [3.05, 3.63) is 77.2 Å². The number of hydrogen-bond acceptors (Lipinski definition) is 5. The summed E-state index contributed by atoms with van der Waals surface area (Å²) in [6.07, 6.45) is 5.03. The highest BCUT2D eigenvalue weighted by Crippen LogP contribution is 2.48. The first-order valence-electron chi connectivity index (χ1n) is 12.2. The molecule has 1 fully saturated rings. The molecule has 3 atom stereocenters. The van der Waals surface area contributed by atoms with Gasteiger partial charge in [0.05, 0.1) is 20.1 Å². The fraction of sp³-hybridized carbons (Fsp3) is 0.379. The van der Waals surface area contributed by atoms with Crippen molar-refractivity contribution in [2.45, 2.75) is 44.6 Å². The van der Waals surface area contributed by atoms with E-state index in [0.717, 1.165) is 47.3 Å². The number of esters is 1. The molecule has 0 radical (unpaired) electrons. The Bertz CT molecular complexity index is 1240. The van der Waals surface area contributed by atoms with Gasteiger partial charge in [-0.25, -0.2) is 9.37 Å². The van der Waals surface area contributed by atoms with Crippen molar-refractivity contribution in [2.75, 3.05) is 14.2 Å². The number of rotatable bonds is 7. The van der Waals surface area contributed by atoms with Crippen LogP contribution in [0, 0.1) is 17.7 Å². The standard InChI is InChI=1S/C29H30FNO4/c1-17(29(32)34-3)28(19-5-6-19)22-7-4-18-9-11-25(35-26(18)15-22)23-10-8-20(14-24(23)30)21-12-13-31-27(16-21)33-2/h4,7-8,10,12-17,19,25,28H,5-6,9,11H2,1-3H3. The monoisotopic (exact) mass is 475 g/mol. The van der Waals surface area contributed by atoms with Crippen LogP contribution in [0.5, 0.6) is 11.6 Å². The van der Waals surface area contributed by atoms with Gasteiger partial charge in [0.2, 0.25) is 5.88 Å². The number of hydrogen-bond donors (Lipinski definition) is 0. The highest BCUT2D eigenvalue weighted by Gasteiger charge is 2.39. The highest BCUT2D eigenvalue weighted by molar-refractivity contribution is 5.73. The van der Waals surface area contributed by atoms with Crippen LogP contribution in [0.15, 0.2) is 54.7 Å². The van der Waals surface area contributed by atoms with E-state index in [4.69, 9.17) is 14.2 Å². The largest absolute Gasteiger partial charge is 0.485 e. The SMILES string of the molecule is COC(=O)C(C)C(c1ccc2c(c1)OC(c1ccc(-c3ccnc(OC)c3)cc1F)CC2)C1CC1. The van der Waals surface area contributed by atoms with Crippen LogP contribution >= 0.6 is 0 Å². The quantitative estimate of drug-likeness (QED) is 0.377. The number of carbonyl (C=O) groups is 1. The molecule has 1 aromatic heterocycles. The number of carbonyl (C=O) groups excluding carboxylic acids is 1. The molecule has 0 N–H and O–H groups in total. The van der Waals surface area contributed by atoms with Gasteiger partial charge >= 0.3 is 5.97 Å². The van der Waals surface area contributed by atoms with Crippen LogP contribution in [-0.4, -0.2) is 25.2 Å². The smallest absolute Gasteiger partial charge is 0.309 e. The predicted molar refractivity (Wildman–Crippen MR) is 131 cm³/mol. The molecule has 5 rings (SSSR count). The third kappa shape index (κ3) is 4.75. The van der Waals surface area contributed by atoms with Crippen LogP contribution in [0.1, 0.15) is 54.9 Å². The van der Waals surface area contributed by atoms with Gasteiger partial charge in [0.25, 0.3) is 0 Å². The van der Waals surface area contributed by atoms with Gasteiger partial charge < -0.3 is 14.2 Å². The first-order chi connectivity index (χ1) is 17.0. The van der Waals surface area contributed by atoms with Crippen LogP contribution in [-0.2, 0) is 16.0 Å². The molecule has 3 unspecified atom stereocenters. The number of aryl methyl sites for hydroxylation is 1. The highest BCUT2D eigenvalue weighted by atomic mass is 19.1. The Morgan fingerprint density at radius 1 is 1.06 bits per heavy atom. The molecule has 2 aromatic carbocycles. The van der Waals surface area contributed by atoms with Crippen molar-refractivity contribution in [1.82, 2.24) is 4.98 Å². The van der Waals surface area contributed by atoms with Crippen LogP contribution in [0.25, 0.3) is 11.1 Å². The average Bonchev–Trinajstić information content (AvgIpc) is 3.73. The molecule has 0 saturated heterocycles. The van der Waals surface area contributed by atoms with Gasteiger partial charge in [0.15, 0.2) is 0 Å². The lowest BCUT2D eigenvalue weighted by Gasteiger charge is -2.29. The van der Waals surface area contributed by atoms with E-state index in [2.05, 4.69) is 23.2 Å². The van der Waals surface area contributed by atoms with E-state index in [1.54, 1.807) is 25.4 Å². The Morgan fingerprint density at radius 3 is 2.57 bits per heavy atom. The van der Waals surface area contributed by atoms with Gasteiger partial charge in [-0.15, -0.1) is 0 Å². The number of pyridine rings is 1. The summed E-state index contributed by atoms with van der Waals surface area (Å²) in [6.45, 7) is 1.94. The fourth-order valence-electron chi connectivity index (χ4n) is 5.24. The Labute approximate surface area is 205 Å². The van der Waals surface area contributed by atoms with Crippen molar-refractivity contribution in [1.29, 1.82) is 0 Å². The Morgan fingerprint density at radius 2 is 1.86 bits per heavy atom. The molecular weight excluding hydrogens is 445 g/mol. The molecule has 3 aromatic rings. The lowest BCUT2D eigenvalue weighted by molar-refractivity contribution is -0.145. The van der Waals surface area contributed by atoms with Crippen LogP contribution < -0.4 is 9.47 Å². The second-order valence-corrected chi connectivity index (χ2v) is 9.51. The molecule has 2 heterocycles. The van der Waals surface area contributed by atoms with E-state index in [-0.39, 0.29) is 29.7 Å².